The third-order valence-electron chi connectivity index (χ3n) is 4.28. The van der Waals surface area contributed by atoms with E-state index < -0.39 is 11.5 Å². The van der Waals surface area contributed by atoms with E-state index in [4.69, 9.17) is 5.73 Å². The maximum atomic E-state index is 12.9. The van der Waals surface area contributed by atoms with Crippen LogP contribution in [0, 0.1) is 5.41 Å². The van der Waals surface area contributed by atoms with Crippen LogP contribution in [0.1, 0.15) is 46.0 Å². The third-order valence-corrected chi connectivity index (χ3v) is 4.28. The number of nitrogens with one attached hydrogen (secondary N) is 1. The van der Waals surface area contributed by atoms with Gasteiger partial charge in [0.05, 0.1) is 18.6 Å². The largest absolute Gasteiger partial charge is 0.453 e. The molecule has 0 aromatic heterocycles. The molecule has 0 aliphatic carbocycles. The molecule has 122 valence electrons. The van der Waals surface area contributed by atoms with Crippen LogP contribution in [0.15, 0.2) is 0 Å². The van der Waals surface area contributed by atoms with E-state index in [0.717, 1.165) is 32.1 Å². The highest BCUT2D eigenvalue weighted by atomic mass is 16.5. The van der Waals surface area contributed by atoms with Crippen LogP contribution in [-0.4, -0.2) is 49.7 Å². The first-order valence-corrected chi connectivity index (χ1v) is 7.86. The molecule has 1 rings (SSSR count). The molecule has 0 saturated carbocycles. The number of hydrogen-bond donors (Lipinski definition) is 2. The Bertz CT molecular complexity index is 354. The molecule has 21 heavy (non-hydrogen) atoms. The number of likely N-dealkylation sites (tertiary alicyclic amines) is 1. The molecule has 6 heteroatoms. The van der Waals surface area contributed by atoms with E-state index in [9.17, 15) is 9.59 Å². The molecule has 2 amide bonds. The monoisotopic (exact) mass is 299 g/mol. The summed E-state index contributed by atoms with van der Waals surface area (Å²) in [6.45, 7) is 5.77. The van der Waals surface area contributed by atoms with Gasteiger partial charge in [0, 0.05) is 19.6 Å². The maximum absolute atomic E-state index is 12.9. The molecule has 1 fully saturated rings. The lowest BCUT2D eigenvalue weighted by atomic mass is 9.78. The standard InChI is InChI=1S/C15H29N3O3/c1-4-7-15(11-16,8-5-2)13(19)18-9-6-12(10-18)17-14(20)21-3/h12H,4-11,16H2,1-3H3,(H,17,20). The van der Waals surface area contributed by atoms with Gasteiger partial charge < -0.3 is 20.7 Å². The third kappa shape index (κ3) is 4.33. The Hall–Kier alpha value is -1.30. The van der Waals surface area contributed by atoms with Crippen molar-refractivity contribution in [2.75, 3.05) is 26.7 Å². The normalized spacial score (nSPS) is 18.7. The zero-order valence-electron chi connectivity index (χ0n) is 13.5. The van der Waals surface area contributed by atoms with E-state index in [0.29, 0.717) is 19.6 Å². The Morgan fingerprint density at radius 3 is 2.43 bits per heavy atom. The van der Waals surface area contributed by atoms with Gasteiger partial charge in [-0.15, -0.1) is 0 Å². The first-order chi connectivity index (χ1) is 10.0. The molecule has 1 heterocycles. The number of rotatable bonds is 7. The van der Waals surface area contributed by atoms with Crippen molar-refractivity contribution < 1.29 is 14.3 Å². The van der Waals surface area contributed by atoms with E-state index in [2.05, 4.69) is 23.9 Å². The molecule has 3 N–H and O–H groups in total. The summed E-state index contributed by atoms with van der Waals surface area (Å²) in [5.74, 6) is 0.142. The molecule has 1 unspecified atom stereocenters. The van der Waals surface area contributed by atoms with E-state index in [-0.39, 0.29) is 11.9 Å². The number of carbonyl (C=O) groups is 2. The second-order valence-corrected chi connectivity index (χ2v) is 5.86. The summed E-state index contributed by atoms with van der Waals surface area (Å²) in [7, 11) is 1.34. The minimum absolute atomic E-state index is 0.0277. The highest BCUT2D eigenvalue weighted by Gasteiger charge is 2.40. The molecule has 0 radical (unpaired) electrons. The van der Waals surface area contributed by atoms with Crippen molar-refractivity contribution >= 4 is 12.0 Å². The molecule has 1 aliphatic rings. The van der Waals surface area contributed by atoms with Crippen molar-refractivity contribution in [1.29, 1.82) is 0 Å². The van der Waals surface area contributed by atoms with Crippen molar-refractivity contribution in [3.8, 4) is 0 Å². The Kier molecular flexibility index (Phi) is 6.95. The van der Waals surface area contributed by atoms with Crippen molar-refractivity contribution in [2.24, 2.45) is 11.1 Å². The second kappa shape index (κ2) is 8.22. The number of nitrogens with zero attached hydrogens (tertiary/aromatic N) is 1. The molecule has 0 aromatic rings. The van der Waals surface area contributed by atoms with Gasteiger partial charge in [0.25, 0.3) is 0 Å². The van der Waals surface area contributed by atoms with Crippen LogP contribution in [0.5, 0.6) is 0 Å². The molecule has 0 aromatic carbocycles. The van der Waals surface area contributed by atoms with Crippen LogP contribution in [0.3, 0.4) is 0 Å². The number of hydrogen-bond acceptors (Lipinski definition) is 4. The highest BCUT2D eigenvalue weighted by Crippen LogP contribution is 2.32. The zero-order chi connectivity index (χ0) is 15.9. The molecule has 1 atom stereocenters. The average Bonchev–Trinajstić information content (AvgIpc) is 2.94. The van der Waals surface area contributed by atoms with Gasteiger partial charge in [-0.05, 0) is 19.3 Å². The van der Waals surface area contributed by atoms with Crippen LogP contribution in [-0.2, 0) is 9.53 Å². The van der Waals surface area contributed by atoms with Crippen LogP contribution < -0.4 is 11.1 Å². The van der Waals surface area contributed by atoms with Gasteiger partial charge in [0.15, 0.2) is 0 Å². The predicted molar refractivity (Wildman–Crippen MR) is 81.8 cm³/mol. The molecule has 1 aliphatic heterocycles. The predicted octanol–water partition coefficient (Wildman–Crippen LogP) is 1.49. The van der Waals surface area contributed by atoms with Crippen LogP contribution >= 0.6 is 0 Å². The molecule has 0 bridgehead atoms. The lowest BCUT2D eigenvalue weighted by Crippen LogP contribution is -2.48. The smallest absolute Gasteiger partial charge is 0.407 e. The topological polar surface area (TPSA) is 84.7 Å². The fraction of sp³-hybridized carbons (Fsp3) is 0.867. The number of methoxy groups -OCH3 is 1. The van der Waals surface area contributed by atoms with E-state index in [1.165, 1.54) is 7.11 Å². The molecular weight excluding hydrogens is 270 g/mol. The van der Waals surface area contributed by atoms with Gasteiger partial charge in [-0.25, -0.2) is 4.79 Å². The van der Waals surface area contributed by atoms with E-state index in [1.54, 1.807) is 0 Å². The van der Waals surface area contributed by atoms with Crippen LogP contribution in [0.4, 0.5) is 4.79 Å². The summed E-state index contributed by atoms with van der Waals surface area (Å²) in [5.41, 5.74) is 5.51. The fourth-order valence-electron chi connectivity index (χ4n) is 3.21. The van der Waals surface area contributed by atoms with E-state index in [1.807, 2.05) is 4.90 Å². The van der Waals surface area contributed by atoms with Gasteiger partial charge in [0.1, 0.15) is 0 Å². The van der Waals surface area contributed by atoms with E-state index >= 15 is 0 Å². The number of carbonyl (C=O) groups excluding carboxylic acids is 2. The Balaban J connectivity index is 2.70. The SMILES string of the molecule is CCCC(CN)(CCC)C(=O)N1CCC(NC(=O)OC)C1. The summed E-state index contributed by atoms with van der Waals surface area (Å²) in [5, 5.41) is 2.76. The minimum Gasteiger partial charge on any atom is -0.453 e. The van der Waals surface area contributed by atoms with Gasteiger partial charge in [0.2, 0.25) is 5.91 Å². The number of nitrogens with two attached hydrogens (primary N) is 1. The summed E-state index contributed by atoms with van der Waals surface area (Å²) in [6, 6.07) is -0.0277. The van der Waals surface area contributed by atoms with Gasteiger partial charge in [-0.2, -0.15) is 0 Å². The summed E-state index contributed by atoms with van der Waals surface area (Å²) < 4.78 is 4.60. The fourth-order valence-corrected chi connectivity index (χ4v) is 3.21. The number of alkyl carbamates (subject to hydrolysis) is 1. The summed E-state index contributed by atoms with van der Waals surface area (Å²) in [4.78, 5) is 26.0. The molecule has 6 nitrogen and oxygen atoms in total. The van der Waals surface area contributed by atoms with Crippen molar-refractivity contribution in [2.45, 2.75) is 52.0 Å². The van der Waals surface area contributed by atoms with Gasteiger partial charge >= 0.3 is 6.09 Å². The Morgan fingerprint density at radius 1 is 1.33 bits per heavy atom. The first-order valence-electron chi connectivity index (χ1n) is 7.86. The van der Waals surface area contributed by atoms with Gasteiger partial charge in [-0.1, -0.05) is 26.7 Å². The van der Waals surface area contributed by atoms with Gasteiger partial charge in [-0.3, -0.25) is 4.79 Å². The van der Waals surface area contributed by atoms with Crippen molar-refractivity contribution in [3.05, 3.63) is 0 Å². The molecule has 1 saturated heterocycles. The Morgan fingerprint density at radius 2 is 1.95 bits per heavy atom. The summed E-state index contributed by atoms with van der Waals surface area (Å²) in [6.07, 6.45) is 3.85. The Labute approximate surface area is 127 Å². The van der Waals surface area contributed by atoms with Crippen LogP contribution in [0.2, 0.25) is 0 Å². The second-order valence-electron chi connectivity index (χ2n) is 5.86. The minimum atomic E-state index is -0.443. The lowest BCUT2D eigenvalue weighted by molar-refractivity contribution is -0.141. The molecular formula is C15H29N3O3. The zero-order valence-corrected chi connectivity index (χ0v) is 13.5. The first kappa shape index (κ1) is 17.8. The summed E-state index contributed by atoms with van der Waals surface area (Å²) >= 11 is 0. The molecule has 0 spiro atoms. The van der Waals surface area contributed by atoms with Crippen molar-refractivity contribution in [3.63, 3.8) is 0 Å². The maximum Gasteiger partial charge on any atom is 0.407 e. The quantitative estimate of drug-likeness (QED) is 0.746. The lowest BCUT2D eigenvalue weighted by Gasteiger charge is -2.34. The average molecular weight is 299 g/mol. The highest BCUT2D eigenvalue weighted by molar-refractivity contribution is 5.83. The van der Waals surface area contributed by atoms with Crippen LogP contribution in [0.25, 0.3) is 0 Å². The number of ether oxygens (including phenoxy) is 1. The number of amides is 2. The van der Waals surface area contributed by atoms with Crippen molar-refractivity contribution in [1.82, 2.24) is 10.2 Å².